The average Bonchev–Trinajstić information content (AvgIpc) is 2.80. The summed E-state index contributed by atoms with van der Waals surface area (Å²) in [6.07, 6.45) is 11.7. The number of carbonyl (C=O) groups excluding carboxylic acids is 1. The van der Waals surface area contributed by atoms with Crippen molar-refractivity contribution >= 4 is 6.03 Å². The number of piperidine rings is 1. The van der Waals surface area contributed by atoms with Crippen molar-refractivity contribution in [1.29, 1.82) is 0 Å². The molecule has 0 spiro atoms. The van der Waals surface area contributed by atoms with Crippen LogP contribution >= 0.6 is 0 Å². The number of nitrogens with one attached hydrogen (secondary N) is 2. The Morgan fingerprint density at radius 1 is 1.45 bits per heavy atom. The molecule has 0 radical (unpaired) electrons. The van der Waals surface area contributed by atoms with Crippen LogP contribution in [0.1, 0.15) is 45.2 Å². The number of amides is 2. The van der Waals surface area contributed by atoms with E-state index in [4.69, 9.17) is 4.74 Å². The Hall–Kier alpha value is -2.87. The van der Waals surface area contributed by atoms with Gasteiger partial charge in [0.2, 0.25) is 0 Å². The highest BCUT2D eigenvalue weighted by atomic mass is 19.1. The van der Waals surface area contributed by atoms with E-state index < -0.39 is 5.82 Å². The first kappa shape index (κ1) is 26.4. The molecule has 1 aliphatic heterocycles. The van der Waals surface area contributed by atoms with Crippen LogP contribution in [0.5, 0.6) is 5.75 Å². The summed E-state index contributed by atoms with van der Waals surface area (Å²) < 4.78 is 19.1. The van der Waals surface area contributed by atoms with Crippen LogP contribution in [0.4, 0.5) is 9.18 Å². The van der Waals surface area contributed by atoms with Crippen molar-refractivity contribution in [1.82, 2.24) is 20.5 Å². The van der Waals surface area contributed by atoms with Crippen LogP contribution in [-0.4, -0.2) is 53.3 Å². The maximum Gasteiger partial charge on any atom is 0.318 e. The molecule has 1 aromatic heterocycles. The third-order valence-corrected chi connectivity index (χ3v) is 5.18. The zero-order chi connectivity index (χ0) is 24.1. The Kier molecular flexibility index (Phi) is 11.4. The molecule has 0 saturated carbocycles. The van der Waals surface area contributed by atoms with Crippen LogP contribution in [0, 0.1) is 11.7 Å². The number of rotatable bonds is 12. The van der Waals surface area contributed by atoms with Gasteiger partial charge in [-0.1, -0.05) is 26.0 Å². The molecule has 2 amide bonds. The van der Waals surface area contributed by atoms with Gasteiger partial charge in [-0.25, -0.2) is 9.18 Å². The van der Waals surface area contributed by atoms with E-state index in [-0.39, 0.29) is 30.1 Å². The number of aromatic nitrogens is 1. The smallest absolute Gasteiger partial charge is 0.318 e. The predicted molar refractivity (Wildman–Crippen MR) is 128 cm³/mol. The molecule has 0 aromatic carbocycles. The zero-order valence-electron chi connectivity index (χ0n) is 19.7. The second-order valence-corrected chi connectivity index (χ2v) is 8.49. The van der Waals surface area contributed by atoms with E-state index in [1.54, 1.807) is 4.90 Å². The Bertz CT molecular complexity index is 820. The number of aromatic hydroxyl groups is 1. The van der Waals surface area contributed by atoms with Crippen LogP contribution in [0.15, 0.2) is 48.9 Å². The summed E-state index contributed by atoms with van der Waals surface area (Å²) in [6, 6.07) is 0.815. The first-order chi connectivity index (χ1) is 15.9. The standard InChI is InChI=1S/C25H37FN4O3/c1-4-5-8-22(33-18-19(2)3)9-6-7-12-28-25(32)30(21-10-13-27-14-11-21)17-23-24(31)15-20(26)16-29-23/h4,6,8-9,15-16,19,21,27,31H,1,5,7,10-14,17-18H2,2-3H3,(H,28,32)/b9-6-,22-8+. The molecule has 0 bridgehead atoms. The van der Waals surface area contributed by atoms with Crippen LogP contribution in [0.25, 0.3) is 0 Å². The SMILES string of the molecule is C=CC/C=C(\C=C/CCNC(=O)N(Cc1ncc(F)cc1O)C1CCNCC1)OCC(C)C. The molecule has 0 aliphatic carbocycles. The summed E-state index contributed by atoms with van der Waals surface area (Å²) in [5.74, 6) is 0.370. The maximum absolute atomic E-state index is 13.3. The number of allylic oxidation sites excluding steroid dienone is 3. The minimum atomic E-state index is -0.611. The number of urea groups is 1. The Morgan fingerprint density at radius 3 is 2.88 bits per heavy atom. The van der Waals surface area contributed by atoms with Gasteiger partial charge in [-0.15, -0.1) is 6.58 Å². The van der Waals surface area contributed by atoms with Gasteiger partial charge in [0.05, 0.1) is 19.3 Å². The lowest BCUT2D eigenvalue weighted by Gasteiger charge is -2.34. The van der Waals surface area contributed by atoms with Crippen molar-refractivity contribution in [2.24, 2.45) is 5.92 Å². The van der Waals surface area contributed by atoms with Gasteiger partial charge in [0.1, 0.15) is 23.0 Å². The molecule has 2 heterocycles. The highest BCUT2D eigenvalue weighted by Crippen LogP contribution is 2.21. The number of hydrogen-bond donors (Lipinski definition) is 3. The second-order valence-electron chi connectivity index (χ2n) is 8.49. The van der Waals surface area contributed by atoms with E-state index >= 15 is 0 Å². The lowest BCUT2D eigenvalue weighted by molar-refractivity contribution is 0.153. The molecule has 1 saturated heterocycles. The third-order valence-electron chi connectivity index (χ3n) is 5.18. The van der Waals surface area contributed by atoms with Gasteiger partial charge < -0.3 is 25.4 Å². The van der Waals surface area contributed by atoms with Crippen molar-refractivity contribution in [2.75, 3.05) is 26.2 Å². The lowest BCUT2D eigenvalue weighted by atomic mass is 10.0. The number of carbonyl (C=O) groups is 1. The molecular weight excluding hydrogens is 423 g/mol. The van der Waals surface area contributed by atoms with Crippen molar-refractivity contribution < 1.29 is 19.0 Å². The molecule has 1 aromatic rings. The van der Waals surface area contributed by atoms with Crippen molar-refractivity contribution in [3.8, 4) is 5.75 Å². The molecule has 2 rings (SSSR count). The van der Waals surface area contributed by atoms with E-state index in [1.165, 1.54) is 0 Å². The summed E-state index contributed by atoms with van der Waals surface area (Å²) in [4.78, 5) is 18.6. The third kappa shape index (κ3) is 9.65. The van der Waals surface area contributed by atoms with Gasteiger partial charge in [0.15, 0.2) is 0 Å². The molecule has 8 heteroatoms. The fourth-order valence-corrected chi connectivity index (χ4v) is 3.43. The molecule has 0 atom stereocenters. The number of pyridine rings is 1. The average molecular weight is 461 g/mol. The minimum Gasteiger partial charge on any atom is -0.506 e. The molecular formula is C25H37FN4O3. The van der Waals surface area contributed by atoms with Gasteiger partial charge in [-0.2, -0.15) is 0 Å². The topological polar surface area (TPSA) is 86.7 Å². The second kappa shape index (κ2) is 14.3. The number of ether oxygens (including phenoxy) is 1. The number of nitrogens with zero attached hydrogens (tertiary/aromatic N) is 2. The predicted octanol–water partition coefficient (Wildman–Crippen LogP) is 4.27. The first-order valence-corrected chi connectivity index (χ1v) is 11.6. The van der Waals surface area contributed by atoms with Crippen LogP contribution < -0.4 is 10.6 Å². The molecule has 0 unspecified atom stereocenters. The van der Waals surface area contributed by atoms with Crippen LogP contribution in [0.2, 0.25) is 0 Å². The fraction of sp³-hybridized carbons (Fsp3) is 0.520. The van der Waals surface area contributed by atoms with Crippen molar-refractivity contribution in [2.45, 2.75) is 52.1 Å². The zero-order valence-corrected chi connectivity index (χ0v) is 19.7. The van der Waals surface area contributed by atoms with E-state index in [0.29, 0.717) is 25.5 Å². The van der Waals surface area contributed by atoms with Gasteiger partial charge >= 0.3 is 6.03 Å². The monoisotopic (exact) mass is 460 g/mol. The summed E-state index contributed by atoms with van der Waals surface area (Å²) >= 11 is 0. The van der Waals surface area contributed by atoms with E-state index in [1.807, 2.05) is 24.3 Å². The molecule has 3 N–H and O–H groups in total. The van der Waals surface area contributed by atoms with Gasteiger partial charge in [0.25, 0.3) is 0 Å². The van der Waals surface area contributed by atoms with E-state index in [9.17, 15) is 14.3 Å². The maximum atomic E-state index is 13.3. The number of hydrogen-bond acceptors (Lipinski definition) is 5. The largest absolute Gasteiger partial charge is 0.506 e. The van der Waals surface area contributed by atoms with E-state index in [0.717, 1.165) is 50.4 Å². The lowest BCUT2D eigenvalue weighted by Crippen LogP contribution is -2.49. The molecule has 1 aliphatic rings. The van der Waals surface area contributed by atoms with E-state index in [2.05, 4.69) is 36.0 Å². The summed E-state index contributed by atoms with van der Waals surface area (Å²) in [5, 5.41) is 16.3. The quantitative estimate of drug-likeness (QED) is 0.188. The van der Waals surface area contributed by atoms with Gasteiger partial charge in [0, 0.05) is 18.7 Å². The fourth-order valence-electron chi connectivity index (χ4n) is 3.43. The number of halogens is 1. The van der Waals surface area contributed by atoms with Crippen molar-refractivity contribution in [3.63, 3.8) is 0 Å². The molecule has 33 heavy (non-hydrogen) atoms. The van der Waals surface area contributed by atoms with Crippen molar-refractivity contribution in [3.05, 3.63) is 60.4 Å². The Balaban J connectivity index is 1.94. The normalized spacial score (nSPS) is 15.1. The Labute approximate surface area is 196 Å². The van der Waals surface area contributed by atoms with Gasteiger partial charge in [-0.3, -0.25) is 4.98 Å². The minimum absolute atomic E-state index is 0.0194. The summed E-state index contributed by atoms with van der Waals surface area (Å²) in [7, 11) is 0. The highest BCUT2D eigenvalue weighted by molar-refractivity contribution is 5.74. The first-order valence-electron chi connectivity index (χ1n) is 11.6. The summed E-state index contributed by atoms with van der Waals surface area (Å²) in [6.45, 7) is 10.8. The molecule has 1 fully saturated rings. The molecule has 7 nitrogen and oxygen atoms in total. The highest BCUT2D eigenvalue weighted by Gasteiger charge is 2.26. The Morgan fingerprint density at radius 2 is 2.21 bits per heavy atom. The summed E-state index contributed by atoms with van der Waals surface area (Å²) in [5.41, 5.74) is 0.282. The molecule has 182 valence electrons. The van der Waals surface area contributed by atoms with Crippen LogP contribution in [-0.2, 0) is 11.3 Å². The van der Waals surface area contributed by atoms with Crippen LogP contribution in [0.3, 0.4) is 0 Å². The van der Waals surface area contributed by atoms with Gasteiger partial charge in [-0.05, 0) is 56.8 Å².